The number of ether oxygens (including phenoxy) is 1. The van der Waals surface area contributed by atoms with E-state index in [1.165, 1.54) is 6.07 Å². The van der Waals surface area contributed by atoms with E-state index < -0.39 is 17.5 Å². The van der Waals surface area contributed by atoms with Crippen molar-refractivity contribution in [3.63, 3.8) is 0 Å². The summed E-state index contributed by atoms with van der Waals surface area (Å²) in [6.45, 7) is 7.03. The van der Waals surface area contributed by atoms with Crippen molar-refractivity contribution < 1.29 is 14.3 Å². The molecule has 172 valence electrons. The number of aryl methyl sites for hydroxylation is 1. The number of nitrogens with one attached hydrogen (secondary N) is 2. The summed E-state index contributed by atoms with van der Waals surface area (Å²) in [6.07, 6.45) is 0. The molecule has 1 aromatic heterocycles. The predicted octanol–water partition coefficient (Wildman–Crippen LogP) is 4.02. The molecule has 2 amide bonds. The number of amides is 2. The molecule has 8 nitrogen and oxygen atoms in total. The Hall–Kier alpha value is -3.94. The molecule has 0 bridgehead atoms. The van der Waals surface area contributed by atoms with Gasteiger partial charge in [-0.25, -0.2) is 4.68 Å². The largest absolute Gasteiger partial charge is 0.497 e. The molecule has 3 rings (SSSR count). The van der Waals surface area contributed by atoms with Crippen LogP contribution in [0.15, 0.2) is 59.4 Å². The maximum atomic E-state index is 13.1. The number of hydrogen-bond acceptors (Lipinski definition) is 5. The minimum Gasteiger partial charge on any atom is -0.497 e. The quantitative estimate of drug-likeness (QED) is 0.568. The van der Waals surface area contributed by atoms with Gasteiger partial charge in [0.2, 0.25) is 11.8 Å². The molecule has 0 unspecified atom stereocenters. The Labute approximate surface area is 192 Å². The van der Waals surface area contributed by atoms with Gasteiger partial charge in [0, 0.05) is 17.2 Å². The fourth-order valence-corrected chi connectivity index (χ4v) is 3.04. The van der Waals surface area contributed by atoms with Crippen molar-refractivity contribution in [3.05, 3.63) is 70.5 Å². The van der Waals surface area contributed by atoms with Gasteiger partial charge >= 0.3 is 0 Å². The Morgan fingerprint density at radius 3 is 2.15 bits per heavy atom. The normalized spacial score (nSPS) is 11.7. The Balaban J connectivity index is 1.99. The summed E-state index contributed by atoms with van der Waals surface area (Å²) in [7, 11) is 1.56. The molecule has 0 saturated carbocycles. The smallest absolute Gasteiger partial charge is 0.291 e. The van der Waals surface area contributed by atoms with Crippen LogP contribution in [-0.4, -0.2) is 28.7 Å². The summed E-state index contributed by atoms with van der Waals surface area (Å²) in [5, 5.41) is 9.90. The summed E-state index contributed by atoms with van der Waals surface area (Å²) >= 11 is 0. The highest BCUT2D eigenvalue weighted by atomic mass is 16.5. The number of benzene rings is 2. The maximum Gasteiger partial charge on any atom is 0.291 e. The van der Waals surface area contributed by atoms with E-state index in [-0.39, 0.29) is 17.5 Å². The average Bonchev–Trinajstić information content (AvgIpc) is 2.80. The van der Waals surface area contributed by atoms with Crippen LogP contribution < -0.4 is 20.9 Å². The summed E-state index contributed by atoms with van der Waals surface area (Å²) < 4.78 is 6.23. The highest BCUT2D eigenvalue weighted by molar-refractivity contribution is 5.94. The Bertz CT molecular complexity index is 1200. The van der Waals surface area contributed by atoms with E-state index in [4.69, 9.17) is 4.74 Å². The van der Waals surface area contributed by atoms with Crippen LogP contribution >= 0.6 is 0 Å². The molecule has 0 fully saturated rings. The topological polar surface area (TPSA) is 102 Å². The fraction of sp³-hybridized carbons (Fsp3) is 0.280. The minimum atomic E-state index is -0.931. The summed E-state index contributed by atoms with van der Waals surface area (Å²) in [6, 6.07) is 15.1. The Morgan fingerprint density at radius 2 is 1.58 bits per heavy atom. The first-order valence-corrected chi connectivity index (χ1v) is 10.7. The first-order chi connectivity index (χ1) is 15.7. The molecule has 33 heavy (non-hydrogen) atoms. The lowest BCUT2D eigenvalue weighted by Crippen LogP contribution is -2.36. The fourth-order valence-electron chi connectivity index (χ4n) is 3.04. The molecular weight excluding hydrogens is 420 g/mol. The third-order valence-electron chi connectivity index (χ3n) is 5.17. The van der Waals surface area contributed by atoms with Gasteiger partial charge in [-0.15, -0.1) is 0 Å². The van der Waals surface area contributed by atoms with E-state index in [9.17, 15) is 14.4 Å². The van der Waals surface area contributed by atoms with E-state index in [1.807, 2.05) is 31.2 Å². The second kappa shape index (κ2) is 10.1. The van der Waals surface area contributed by atoms with Gasteiger partial charge < -0.3 is 15.4 Å². The van der Waals surface area contributed by atoms with Crippen molar-refractivity contribution in [3.8, 4) is 17.0 Å². The highest BCUT2D eigenvalue weighted by Gasteiger charge is 2.22. The number of carbonyl (C=O) groups excluding carboxylic acids is 2. The molecule has 1 atom stereocenters. The zero-order chi connectivity index (χ0) is 24.1. The van der Waals surface area contributed by atoms with Crippen LogP contribution in [0, 0.1) is 12.8 Å². The number of carbonyl (C=O) groups is 2. The van der Waals surface area contributed by atoms with Gasteiger partial charge in [-0.1, -0.05) is 43.7 Å². The molecule has 2 aromatic carbocycles. The molecule has 0 saturated heterocycles. The van der Waals surface area contributed by atoms with E-state index >= 15 is 0 Å². The van der Waals surface area contributed by atoms with E-state index in [0.29, 0.717) is 17.1 Å². The van der Waals surface area contributed by atoms with Crippen LogP contribution in [0.1, 0.15) is 32.4 Å². The van der Waals surface area contributed by atoms with E-state index in [0.717, 1.165) is 15.8 Å². The number of rotatable bonds is 7. The van der Waals surface area contributed by atoms with Crippen molar-refractivity contribution in [2.75, 3.05) is 17.7 Å². The molecule has 0 radical (unpaired) electrons. The SMILES string of the molecule is COc1ccc(NC(=O)[C@@H](C)n2nc(-c3ccc(C)cc3)cc(NC(=O)C(C)C)c2=O)cc1. The monoisotopic (exact) mass is 448 g/mol. The van der Waals surface area contributed by atoms with E-state index in [1.54, 1.807) is 52.1 Å². The molecule has 0 aliphatic heterocycles. The highest BCUT2D eigenvalue weighted by Crippen LogP contribution is 2.21. The molecule has 0 aliphatic rings. The van der Waals surface area contributed by atoms with Crippen molar-refractivity contribution in [1.82, 2.24) is 9.78 Å². The number of hydrogen-bond donors (Lipinski definition) is 2. The van der Waals surface area contributed by atoms with Gasteiger partial charge in [0.05, 0.1) is 12.8 Å². The van der Waals surface area contributed by atoms with Crippen molar-refractivity contribution >= 4 is 23.2 Å². The van der Waals surface area contributed by atoms with Crippen LogP contribution in [0.4, 0.5) is 11.4 Å². The predicted molar refractivity (Wildman–Crippen MR) is 128 cm³/mol. The summed E-state index contributed by atoms with van der Waals surface area (Å²) in [4.78, 5) is 38.4. The first kappa shape index (κ1) is 23.7. The molecular formula is C25H28N4O4. The van der Waals surface area contributed by atoms with Gasteiger partial charge in [0.15, 0.2) is 0 Å². The van der Waals surface area contributed by atoms with Gasteiger partial charge in [-0.3, -0.25) is 14.4 Å². The van der Waals surface area contributed by atoms with Crippen LogP contribution in [-0.2, 0) is 9.59 Å². The number of nitrogens with zero attached hydrogens (tertiary/aromatic N) is 2. The summed E-state index contributed by atoms with van der Waals surface area (Å²) in [5.74, 6) is -0.369. The third-order valence-corrected chi connectivity index (χ3v) is 5.17. The van der Waals surface area contributed by atoms with Crippen molar-refractivity contribution in [2.24, 2.45) is 5.92 Å². The van der Waals surface area contributed by atoms with Gasteiger partial charge in [0.1, 0.15) is 17.5 Å². The second-order valence-electron chi connectivity index (χ2n) is 8.10. The van der Waals surface area contributed by atoms with Crippen molar-refractivity contribution in [1.29, 1.82) is 0 Å². The molecule has 0 aliphatic carbocycles. The molecule has 0 spiro atoms. The zero-order valence-electron chi connectivity index (χ0n) is 19.4. The maximum absolute atomic E-state index is 13.1. The third kappa shape index (κ3) is 5.65. The lowest BCUT2D eigenvalue weighted by Gasteiger charge is -2.17. The number of methoxy groups -OCH3 is 1. The average molecular weight is 449 g/mol. The second-order valence-corrected chi connectivity index (χ2v) is 8.10. The Kier molecular flexibility index (Phi) is 7.27. The lowest BCUT2D eigenvalue weighted by molar-refractivity contribution is -0.119. The first-order valence-electron chi connectivity index (χ1n) is 10.7. The molecule has 8 heteroatoms. The molecule has 3 aromatic rings. The molecule has 1 heterocycles. The minimum absolute atomic E-state index is 0.0726. The van der Waals surface area contributed by atoms with Crippen LogP contribution in [0.25, 0.3) is 11.3 Å². The van der Waals surface area contributed by atoms with Gasteiger partial charge in [-0.05, 0) is 44.2 Å². The van der Waals surface area contributed by atoms with Crippen LogP contribution in [0.5, 0.6) is 5.75 Å². The standard InChI is InChI=1S/C25H28N4O4/c1-15(2)23(30)27-22-14-21(18-8-6-16(3)7-9-18)28-29(25(22)32)17(4)24(31)26-19-10-12-20(33-5)13-11-19/h6-15,17H,1-5H3,(H,26,31)(H,27,30)/t17-/m1/s1. The van der Waals surface area contributed by atoms with Gasteiger partial charge in [0.25, 0.3) is 5.56 Å². The van der Waals surface area contributed by atoms with Gasteiger partial charge in [-0.2, -0.15) is 5.10 Å². The zero-order valence-corrected chi connectivity index (χ0v) is 19.4. The lowest BCUT2D eigenvalue weighted by atomic mass is 10.1. The van der Waals surface area contributed by atoms with Crippen molar-refractivity contribution in [2.45, 2.75) is 33.7 Å². The Morgan fingerprint density at radius 1 is 0.939 bits per heavy atom. The van der Waals surface area contributed by atoms with Crippen LogP contribution in [0.2, 0.25) is 0 Å². The van der Waals surface area contributed by atoms with E-state index in [2.05, 4.69) is 15.7 Å². The number of aromatic nitrogens is 2. The van der Waals surface area contributed by atoms with Crippen LogP contribution in [0.3, 0.4) is 0 Å². The molecule has 2 N–H and O–H groups in total. The number of anilines is 2. The summed E-state index contributed by atoms with van der Waals surface area (Å²) in [5.41, 5.74) is 2.38.